The quantitative estimate of drug-likeness (QED) is 0.563. The highest BCUT2D eigenvalue weighted by molar-refractivity contribution is 5.99. The van der Waals surface area contributed by atoms with Crippen molar-refractivity contribution in [1.29, 1.82) is 0 Å². The molecule has 9 heteroatoms. The lowest BCUT2D eigenvalue weighted by molar-refractivity contribution is 0.0938. The number of anilines is 1. The summed E-state index contributed by atoms with van der Waals surface area (Å²) in [4.78, 5) is 29.2. The van der Waals surface area contributed by atoms with Crippen LogP contribution in [0.2, 0.25) is 0 Å². The zero-order valence-corrected chi connectivity index (χ0v) is 21.1. The molecule has 0 unspecified atom stereocenters. The number of nitrogens with one attached hydrogen (secondary N) is 2. The third-order valence-electron chi connectivity index (χ3n) is 9.32. The predicted molar refractivity (Wildman–Crippen MR) is 134 cm³/mol. The Kier molecular flexibility index (Phi) is 5.89. The van der Waals surface area contributed by atoms with Crippen LogP contribution in [-0.4, -0.2) is 41.6 Å². The van der Waals surface area contributed by atoms with Gasteiger partial charge in [-0.15, -0.1) is 0 Å². The van der Waals surface area contributed by atoms with Crippen LogP contribution in [0.5, 0.6) is 0 Å². The Morgan fingerprint density at radius 3 is 2.43 bits per heavy atom. The maximum absolute atomic E-state index is 14.8. The van der Waals surface area contributed by atoms with E-state index in [9.17, 15) is 22.8 Å². The maximum Gasteiger partial charge on any atom is 0.266 e. The molecule has 2 aromatic rings. The summed E-state index contributed by atoms with van der Waals surface area (Å²) in [5.41, 5.74) is -0.234. The maximum atomic E-state index is 14.8. The molecule has 1 aliphatic heterocycles. The highest BCUT2D eigenvalue weighted by atomic mass is 19.3. The summed E-state index contributed by atoms with van der Waals surface area (Å²) < 4.78 is 43.0. The monoisotopic (exact) mass is 514 g/mol. The molecular formula is C28H33F3N4O2. The first-order chi connectivity index (χ1) is 17.7. The van der Waals surface area contributed by atoms with Crippen LogP contribution in [0.1, 0.15) is 73.0 Å². The number of hydrogen-bond acceptors (Lipinski definition) is 4. The number of aromatic nitrogens is 1. The third-order valence-corrected chi connectivity index (χ3v) is 9.32. The van der Waals surface area contributed by atoms with E-state index in [1.54, 1.807) is 17.7 Å². The molecular weight excluding hydrogens is 481 g/mol. The van der Waals surface area contributed by atoms with Gasteiger partial charge in [-0.3, -0.25) is 9.59 Å². The van der Waals surface area contributed by atoms with Gasteiger partial charge in [0.1, 0.15) is 5.82 Å². The van der Waals surface area contributed by atoms with Crippen molar-refractivity contribution in [3.05, 3.63) is 63.3 Å². The normalized spacial score (nSPS) is 31.0. The number of piperidine rings is 1. The van der Waals surface area contributed by atoms with Crippen molar-refractivity contribution >= 4 is 11.6 Å². The number of rotatable bonds is 7. The molecule has 4 fully saturated rings. The van der Waals surface area contributed by atoms with E-state index < -0.39 is 29.8 Å². The lowest BCUT2D eigenvalue weighted by Gasteiger charge is -2.30. The predicted octanol–water partition coefficient (Wildman–Crippen LogP) is 4.68. The average Bonchev–Trinajstić information content (AvgIpc) is 3.27. The fourth-order valence-electron chi connectivity index (χ4n) is 7.26. The number of hydrogen-bond donors (Lipinski definition) is 2. The molecule has 198 valence electrons. The zero-order valence-electron chi connectivity index (χ0n) is 21.1. The second-order valence-electron chi connectivity index (χ2n) is 11.6. The Hall–Kier alpha value is -2.81. The summed E-state index contributed by atoms with van der Waals surface area (Å²) in [6.07, 6.45) is 3.70. The van der Waals surface area contributed by atoms with Crippen molar-refractivity contribution in [1.82, 2.24) is 14.8 Å². The summed E-state index contributed by atoms with van der Waals surface area (Å²) in [6.45, 7) is 3.53. The van der Waals surface area contributed by atoms with E-state index in [1.807, 2.05) is 0 Å². The number of benzene rings is 1. The molecule has 0 radical (unpaired) electrons. The molecule has 1 aromatic heterocycles. The van der Waals surface area contributed by atoms with Crippen LogP contribution in [0.4, 0.5) is 18.9 Å². The summed E-state index contributed by atoms with van der Waals surface area (Å²) in [6, 6.07) is 4.73. The van der Waals surface area contributed by atoms with Gasteiger partial charge in [0.15, 0.2) is 0 Å². The number of amides is 1. The number of halogens is 3. The first-order valence-electron chi connectivity index (χ1n) is 13.3. The number of carbonyl (C=O) groups is 1. The van der Waals surface area contributed by atoms with Gasteiger partial charge in [0.25, 0.3) is 17.9 Å². The van der Waals surface area contributed by atoms with Crippen molar-refractivity contribution in [3.63, 3.8) is 0 Å². The van der Waals surface area contributed by atoms with E-state index in [-0.39, 0.29) is 22.7 Å². The van der Waals surface area contributed by atoms with Crippen molar-refractivity contribution < 1.29 is 18.0 Å². The Morgan fingerprint density at radius 1 is 1.14 bits per heavy atom. The molecule has 3 saturated carbocycles. The second-order valence-corrected chi connectivity index (χ2v) is 11.6. The van der Waals surface area contributed by atoms with Crippen molar-refractivity contribution in [2.75, 3.05) is 25.5 Å². The van der Waals surface area contributed by atoms with Crippen molar-refractivity contribution in [3.8, 4) is 0 Å². The van der Waals surface area contributed by atoms with Crippen molar-refractivity contribution in [2.45, 2.75) is 63.1 Å². The van der Waals surface area contributed by atoms with Crippen LogP contribution in [0.3, 0.4) is 0 Å². The fraction of sp³-hybridized carbons (Fsp3) is 0.571. The highest BCUT2D eigenvalue weighted by Crippen LogP contribution is 2.52. The number of likely N-dealkylation sites (tertiary alicyclic amines) is 1. The molecule has 3 aliphatic carbocycles. The zero-order chi connectivity index (χ0) is 26.1. The number of fused-ring (bicyclic) bond motifs is 3. The van der Waals surface area contributed by atoms with Gasteiger partial charge in [0, 0.05) is 42.5 Å². The molecule has 1 amide bonds. The fourth-order valence-corrected chi connectivity index (χ4v) is 7.26. The molecule has 4 atom stereocenters. The van der Waals surface area contributed by atoms with Gasteiger partial charge < -0.3 is 20.1 Å². The van der Waals surface area contributed by atoms with E-state index in [0.717, 1.165) is 51.3 Å². The van der Waals surface area contributed by atoms with Gasteiger partial charge >= 0.3 is 0 Å². The summed E-state index contributed by atoms with van der Waals surface area (Å²) in [5, 5.41) is 6.26. The standard InChI is InChI=1S/C28H33F3N4O2/c1-15(17-4-3-5-18(24(17)29)26(30)31)32-27(37)21-14-35(28-8-6-16(11-28)7-9-28)23(36)10-22(21)33-25-19-12-34(2)13-20(19)25/h3-5,10,14-16,19-20,25-26,33H,6-9,11-13H2,1-2H3,(H,32,37)/t15-,16?,19-,20+,25-,28?/m1/s1. The molecule has 37 heavy (non-hydrogen) atoms. The molecule has 2 heterocycles. The van der Waals surface area contributed by atoms with Crippen LogP contribution in [0, 0.1) is 23.6 Å². The van der Waals surface area contributed by atoms with Crippen LogP contribution in [0.25, 0.3) is 0 Å². The molecule has 0 spiro atoms. The first kappa shape index (κ1) is 24.5. The first-order valence-corrected chi connectivity index (χ1v) is 13.3. The number of pyridine rings is 1. The number of nitrogens with zero attached hydrogens (tertiary/aromatic N) is 2. The summed E-state index contributed by atoms with van der Waals surface area (Å²) >= 11 is 0. The molecule has 1 aromatic carbocycles. The summed E-state index contributed by atoms with van der Waals surface area (Å²) in [5.74, 6) is 0.118. The molecule has 6 rings (SSSR count). The minimum absolute atomic E-state index is 0.00163. The number of alkyl halides is 2. The van der Waals surface area contributed by atoms with Gasteiger partial charge in [0.05, 0.1) is 22.9 Å². The SMILES string of the molecule is C[C@@H](NC(=O)c1cn(C23CCC(CC2)C3)c(=O)cc1N[C@@H]1[C@@H]2CN(C)C[C@@H]21)c1cccc(C(F)F)c1F. The average molecular weight is 515 g/mol. The lowest BCUT2D eigenvalue weighted by atomic mass is 9.93. The Balaban J connectivity index is 1.32. The largest absolute Gasteiger partial charge is 0.381 e. The van der Waals surface area contributed by atoms with Crippen LogP contribution < -0.4 is 16.2 Å². The minimum Gasteiger partial charge on any atom is -0.381 e. The second kappa shape index (κ2) is 8.89. The minimum atomic E-state index is -2.94. The topological polar surface area (TPSA) is 66.4 Å². The highest BCUT2D eigenvalue weighted by Gasteiger charge is 2.55. The van der Waals surface area contributed by atoms with Gasteiger partial charge in [-0.1, -0.05) is 18.2 Å². The van der Waals surface area contributed by atoms with Gasteiger partial charge in [-0.25, -0.2) is 13.2 Å². The molecule has 2 bridgehead atoms. The molecule has 4 aliphatic rings. The van der Waals surface area contributed by atoms with E-state index in [0.29, 0.717) is 29.0 Å². The van der Waals surface area contributed by atoms with Gasteiger partial charge in [0.2, 0.25) is 0 Å². The molecule has 1 saturated heterocycles. The van der Waals surface area contributed by atoms with Crippen LogP contribution >= 0.6 is 0 Å². The van der Waals surface area contributed by atoms with Crippen molar-refractivity contribution in [2.24, 2.45) is 17.8 Å². The van der Waals surface area contributed by atoms with E-state index in [1.165, 1.54) is 18.2 Å². The Morgan fingerprint density at radius 2 is 1.81 bits per heavy atom. The smallest absolute Gasteiger partial charge is 0.266 e. The molecule has 6 nitrogen and oxygen atoms in total. The Bertz CT molecular complexity index is 1270. The van der Waals surface area contributed by atoms with Crippen LogP contribution in [-0.2, 0) is 5.54 Å². The molecule has 2 N–H and O–H groups in total. The van der Waals surface area contributed by atoms with E-state index in [4.69, 9.17) is 0 Å². The Labute approximate surface area is 214 Å². The number of carbonyl (C=O) groups excluding carboxylic acids is 1. The van der Waals surface area contributed by atoms with E-state index in [2.05, 4.69) is 22.6 Å². The summed E-state index contributed by atoms with van der Waals surface area (Å²) in [7, 11) is 2.09. The van der Waals surface area contributed by atoms with Gasteiger partial charge in [-0.05, 0) is 63.8 Å². The third kappa shape index (κ3) is 4.15. The van der Waals surface area contributed by atoms with Gasteiger partial charge in [-0.2, -0.15) is 0 Å². The van der Waals surface area contributed by atoms with Crippen LogP contribution in [0.15, 0.2) is 35.3 Å². The van der Waals surface area contributed by atoms with E-state index >= 15 is 0 Å². The lowest BCUT2D eigenvalue weighted by Crippen LogP contribution is -2.39.